The smallest absolute Gasteiger partial charge is 0.168 e. The number of imidazole rings is 1. The van der Waals surface area contributed by atoms with Gasteiger partial charge in [0, 0.05) is 11.3 Å². The fourth-order valence-electron chi connectivity index (χ4n) is 1.73. The van der Waals surface area contributed by atoms with Crippen LogP contribution in [0.2, 0.25) is 0 Å². The zero-order chi connectivity index (χ0) is 13.7. The Hall–Kier alpha value is -1.59. The lowest BCUT2D eigenvalue weighted by molar-refractivity contribution is 0.270. The van der Waals surface area contributed by atoms with Gasteiger partial charge in [0.05, 0.1) is 25.0 Å². The van der Waals surface area contributed by atoms with E-state index in [0.717, 1.165) is 10.9 Å². The molecule has 3 nitrogen and oxygen atoms in total. The molecule has 19 heavy (non-hydrogen) atoms. The Morgan fingerprint density at radius 3 is 2.89 bits per heavy atom. The molecule has 1 N–H and O–H groups in total. The number of aliphatic hydroxyl groups is 1. The summed E-state index contributed by atoms with van der Waals surface area (Å²) in [7, 11) is 0. The van der Waals surface area contributed by atoms with Crippen molar-refractivity contribution in [3.63, 3.8) is 0 Å². The number of aliphatic hydroxyl groups excluding tert-OH is 1. The van der Waals surface area contributed by atoms with Gasteiger partial charge in [0.1, 0.15) is 5.82 Å². The Morgan fingerprint density at radius 2 is 2.21 bits per heavy atom. The minimum atomic E-state index is -0.250. The van der Waals surface area contributed by atoms with Crippen LogP contribution in [0.1, 0.15) is 11.3 Å². The average molecular weight is 278 g/mol. The summed E-state index contributed by atoms with van der Waals surface area (Å²) < 4.78 is 15.5. The van der Waals surface area contributed by atoms with Crippen LogP contribution in [0.25, 0.3) is 0 Å². The van der Waals surface area contributed by atoms with Crippen molar-refractivity contribution >= 4 is 11.8 Å². The molecule has 2 aromatic rings. The average Bonchev–Trinajstić information content (AvgIpc) is 2.81. The molecule has 0 radical (unpaired) electrons. The molecule has 0 atom stereocenters. The SMILES string of the molecule is C=CCSc1ncc(CO)n1Cc1ccccc1F. The summed E-state index contributed by atoms with van der Waals surface area (Å²) in [6.45, 7) is 3.91. The molecule has 0 fully saturated rings. The Bertz CT molecular complexity index is 568. The van der Waals surface area contributed by atoms with Crippen LogP contribution in [-0.2, 0) is 13.2 Å². The van der Waals surface area contributed by atoms with E-state index in [-0.39, 0.29) is 12.4 Å². The molecule has 0 aliphatic carbocycles. The van der Waals surface area contributed by atoms with Gasteiger partial charge in [-0.05, 0) is 6.07 Å². The second-order valence-electron chi connectivity index (χ2n) is 3.97. The molecule has 0 bridgehead atoms. The summed E-state index contributed by atoms with van der Waals surface area (Å²) in [5, 5.41) is 10.1. The number of thioether (sulfide) groups is 1. The van der Waals surface area contributed by atoms with E-state index in [2.05, 4.69) is 11.6 Å². The highest BCUT2D eigenvalue weighted by Crippen LogP contribution is 2.21. The van der Waals surface area contributed by atoms with Gasteiger partial charge < -0.3 is 9.67 Å². The number of rotatable bonds is 6. The van der Waals surface area contributed by atoms with Crippen LogP contribution >= 0.6 is 11.8 Å². The number of hydrogen-bond donors (Lipinski definition) is 1. The summed E-state index contributed by atoms with van der Waals surface area (Å²) in [6.07, 6.45) is 3.40. The maximum Gasteiger partial charge on any atom is 0.168 e. The zero-order valence-corrected chi connectivity index (χ0v) is 11.2. The highest BCUT2D eigenvalue weighted by Gasteiger charge is 2.11. The van der Waals surface area contributed by atoms with Gasteiger partial charge in [-0.2, -0.15) is 0 Å². The van der Waals surface area contributed by atoms with Crippen molar-refractivity contribution in [2.24, 2.45) is 0 Å². The molecule has 1 aromatic heterocycles. The van der Waals surface area contributed by atoms with Crippen molar-refractivity contribution in [1.82, 2.24) is 9.55 Å². The fourth-order valence-corrected chi connectivity index (χ4v) is 2.46. The van der Waals surface area contributed by atoms with Gasteiger partial charge in [-0.25, -0.2) is 9.37 Å². The minimum absolute atomic E-state index is 0.115. The molecule has 0 aliphatic heterocycles. The predicted octanol–water partition coefficient (Wildman–Crippen LogP) is 2.84. The highest BCUT2D eigenvalue weighted by atomic mass is 32.2. The molecule has 0 saturated carbocycles. The van der Waals surface area contributed by atoms with Gasteiger partial charge >= 0.3 is 0 Å². The molecule has 0 saturated heterocycles. The maximum absolute atomic E-state index is 13.7. The van der Waals surface area contributed by atoms with Crippen LogP contribution in [0, 0.1) is 5.82 Å². The van der Waals surface area contributed by atoms with Crippen LogP contribution < -0.4 is 0 Å². The van der Waals surface area contributed by atoms with E-state index >= 15 is 0 Å². The summed E-state index contributed by atoms with van der Waals surface area (Å²) in [5.41, 5.74) is 1.26. The van der Waals surface area contributed by atoms with Crippen molar-refractivity contribution < 1.29 is 9.50 Å². The Balaban J connectivity index is 2.29. The minimum Gasteiger partial charge on any atom is -0.390 e. The standard InChI is InChI=1S/C14H15FN2OS/c1-2-7-19-14-16-8-12(10-18)17(14)9-11-5-3-4-6-13(11)15/h2-6,8,18H,1,7,9-10H2. The second-order valence-corrected chi connectivity index (χ2v) is 4.95. The maximum atomic E-state index is 13.7. The van der Waals surface area contributed by atoms with Crippen LogP contribution in [-0.4, -0.2) is 20.4 Å². The normalized spacial score (nSPS) is 10.6. The van der Waals surface area contributed by atoms with Crippen LogP contribution in [0.3, 0.4) is 0 Å². The number of aromatic nitrogens is 2. The third-order valence-electron chi connectivity index (χ3n) is 2.68. The third-order valence-corrected chi connectivity index (χ3v) is 3.67. The first-order valence-electron chi connectivity index (χ1n) is 5.88. The van der Waals surface area contributed by atoms with E-state index in [1.54, 1.807) is 30.5 Å². The molecular formula is C14H15FN2OS. The van der Waals surface area contributed by atoms with Gasteiger partial charge in [-0.3, -0.25) is 0 Å². The molecule has 5 heteroatoms. The molecule has 1 heterocycles. The van der Waals surface area contributed by atoms with E-state index in [1.807, 2.05) is 4.57 Å². The van der Waals surface area contributed by atoms with E-state index in [4.69, 9.17) is 0 Å². The van der Waals surface area contributed by atoms with Gasteiger partial charge in [-0.15, -0.1) is 6.58 Å². The first-order valence-corrected chi connectivity index (χ1v) is 6.87. The van der Waals surface area contributed by atoms with Crippen LogP contribution in [0.15, 0.2) is 48.3 Å². The topological polar surface area (TPSA) is 38.1 Å². The Kier molecular flexibility index (Phi) is 4.76. The molecular weight excluding hydrogens is 263 g/mol. The molecule has 0 unspecified atom stereocenters. The lowest BCUT2D eigenvalue weighted by atomic mass is 10.2. The molecule has 0 aliphatic rings. The quantitative estimate of drug-likeness (QED) is 0.652. The van der Waals surface area contributed by atoms with E-state index in [0.29, 0.717) is 17.8 Å². The number of benzene rings is 1. The molecule has 100 valence electrons. The number of halogens is 1. The van der Waals surface area contributed by atoms with Gasteiger partial charge in [0.25, 0.3) is 0 Å². The third kappa shape index (κ3) is 3.24. The van der Waals surface area contributed by atoms with Crippen molar-refractivity contribution in [2.45, 2.75) is 18.3 Å². The molecule has 2 rings (SSSR count). The van der Waals surface area contributed by atoms with Crippen molar-refractivity contribution in [1.29, 1.82) is 0 Å². The highest BCUT2D eigenvalue weighted by molar-refractivity contribution is 7.99. The lowest BCUT2D eigenvalue weighted by Gasteiger charge is -2.10. The predicted molar refractivity (Wildman–Crippen MR) is 74.6 cm³/mol. The first kappa shape index (κ1) is 13.8. The summed E-state index contributed by atoms with van der Waals surface area (Å²) in [4.78, 5) is 4.25. The summed E-state index contributed by atoms with van der Waals surface area (Å²) in [6, 6.07) is 6.62. The monoisotopic (exact) mass is 278 g/mol. The van der Waals surface area contributed by atoms with Gasteiger partial charge in [0.2, 0.25) is 0 Å². The van der Waals surface area contributed by atoms with Crippen LogP contribution in [0.4, 0.5) is 4.39 Å². The van der Waals surface area contributed by atoms with E-state index in [1.165, 1.54) is 17.8 Å². The van der Waals surface area contributed by atoms with E-state index in [9.17, 15) is 9.50 Å². The number of nitrogens with zero attached hydrogens (tertiary/aromatic N) is 2. The first-order chi connectivity index (χ1) is 9.26. The Labute approximate surface area is 115 Å². The van der Waals surface area contributed by atoms with Crippen molar-refractivity contribution in [3.05, 3.63) is 60.2 Å². The molecule has 0 amide bonds. The lowest BCUT2D eigenvalue weighted by Crippen LogP contribution is -2.07. The van der Waals surface area contributed by atoms with Gasteiger partial charge in [0.15, 0.2) is 5.16 Å². The van der Waals surface area contributed by atoms with Gasteiger partial charge in [-0.1, -0.05) is 36.0 Å². The Morgan fingerprint density at radius 1 is 1.42 bits per heavy atom. The van der Waals surface area contributed by atoms with Crippen molar-refractivity contribution in [3.8, 4) is 0 Å². The fraction of sp³-hybridized carbons (Fsp3) is 0.214. The van der Waals surface area contributed by atoms with Crippen molar-refractivity contribution in [2.75, 3.05) is 5.75 Å². The summed E-state index contributed by atoms with van der Waals surface area (Å²) in [5.74, 6) is 0.471. The van der Waals surface area contributed by atoms with E-state index < -0.39 is 0 Å². The zero-order valence-electron chi connectivity index (χ0n) is 10.4. The molecule has 0 spiro atoms. The summed E-state index contributed by atoms with van der Waals surface area (Å²) >= 11 is 1.51. The molecule has 1 aromatic carbocycles. The second kappa shape index (κ2) is 6.54. The largest absolute Gasteiger partial charge is 0.390 e. The van der Waals surface area contributed by atoms with Crippen LogP contribution in [0.5, 0.6) is 0 Å². The number of hydrogen-bond acceptors (Lipinski definition) is 3.